The quantitative estimate of drug-likeness (QED) is 0.786. The van der Waals surface area contributed by atoms with E-state index in [0.29, 0.717) is 6.54 Å². The highest BCUT2D eigenvalue weighted by molar-refractivity contribution is 5.73. The smallest absolute Gasteiger partial charge is 0.217 e. The lowest BCUT2D eigenvalue weighted by Gasteiger charge is -2.00. The van der Waals surface area contributed by atoms with Crippen LogP contribution in [0, 0.1) is 0 Å². The monoisotopic (exact) mass is 233 g/mol. The molecule has 1 amide bonds. The third-order valence-corrected chi connectivity index (χ3v) is 2.38. The fourth-order valence-corrected chi connectivity index (χ4v) is 1.48. The zero-order chi connectivity index (χ0) is 12.5. The molecule has 0 bridgehead atoms. The molecule has 0 unspecified atom stereocenters. The fraction of sp³-hybridized carbons (Fsp3) is 0.357. The molecular weight excluding hydrogens is 214 g/mol. The standard InChI is InChI=1S/C14H19NO2/c1-12(17)15-10-2-4-13-6-8-14(9-7-13)5-3-11-16/h2,4,6-9,16H,3,5,10-11H2,1H3,(H,15,17). The van der Waals surface area contributed by atoms with Crippen molar-refractivity contribution in [3.8, 4) is 0 Å². The summed E-state index contributed by atoms with van der Waals surface area (Å²) in [5.41, 5.74) is 2.35. The average Bonchev–Trinajstić information content (AvgIpc) is 2.33. The summed E-state index contributed by atoms with van der Waals surface area (Å²) < 4.78 is 0. The van der Waals surface area contributed by atoms with Crippen LogP contribution in [0.5, 0.6) is 0 Å². The normalized spacial score (nSPS) is 10.7. The van der Waals surface area contributed by atoms with Gasteiger partial charge in [-0.1, -0.05) is 36.4 Å². The molecule has 0 aromatic heterocycles. The number of benzene rings is 1. The zero-order valence-electron chi connectivity index (χ0n) is 10.1. The molecule has 1 aromatic rings. The third kappa shape index (κ3) is 5.88. The minimum atomic E-state index is -0.0194. The van der Waals surface area contributed by atoms with Crippen LogP contribution in [0.2, 0.25) is 0 Å². The topological polar surface area (TPSA) is 49.3 Å². The molecule has 0 aliphatic heterocycles. The number of carbonyl (C=O) groups excluding carboxylic acids is 1. The Morgan fingerprint density at radius 3 is 2.65 bits per heavy atom. The van der Waals surface area contributed by atoms with E-state index in [0.717, 1.165) is 18.4 Å². The van der Waals surface area contributed by atoms with Crippen LogP contribution in [0.1, 0.15) is 24.5 Å². The number of rotatable bonds is 6. The van der Waals surface area contributed by atoms with Crippen molar-refractivity contribution in [2.75, 3.05) is 13.2 Å². The maximum atomic E-state index is 10.6. The van der Waals surface area contributed by atoms with Crippen LogP contribution in [0.4, 0.5) is 0 Å². The molecule has 2 N–H and O–H groups in total. The van der Waals surface area contributed by atoms with E-state index < -0.39 is 0 Å². The van der Waals surface area contributed by atoms with Crippen molar-refractivity contribution in [2.24, 2.45) is 0 Å². The predicted molar refractivity (Wildman–Crippen MR) is 69.6 cm³/mol. The first-order valence-electron chi connectivity index (χ1n) is 5.83. The van der Waals surface area contributed by atoms with Gasteiger partial charge in [0, 0.05) is 20.1 Å². The van der Waals surface area contributed by atoms with E-state index in [1.165, 1.54) is 12.5 Å². The molecule has 17 heavy (non-hydrogen) atoms. The fourth-order valence-electron chi connectivity index (χ4n) is 1.48. The van der Waals surface area contributed by atoms with Crippen LogP contribution in [0.15, 0.2) is 30.3 Å². The molecule has 0 fully saturated rings. The van der Waals surface area contributed by atoms with Crippen molar-refractivity contribution >= 4 is 12.0 Å². The van der Waals surface area contributed by atoms with Crippen molar-refractivity contribution in [1.29, 1.82) is 0 Å². The van der Waals surface area contributed by atoms with Gasteiger partial charge in [0.05, 0.1) is 0 Å². The zero-order valence-corrected chi connectivity index (χ0v) is 10.1. The van der Waals surface area contributed by atoms with Gasteiger partial charge in [0.1, 0.15) is 0 Å². The van der Waals surface area contributed by atoms with Gasteiger partial charge in [0.25, 0.3) is 0 Å². The maximum Gasteiger partial charge on any atom is 0.217 e. The van der Waals surface area contributed by atoms with Gasteiger partial charge in [-0.2, -0.15) is 0 Å². The van der Waals surface area contributed by atoms with Gasteiger partial charge in [-0.05, 0) is 24.0 Å². The number of amides is 1. The van der Waals surface area contributed by atoms with Crippen LogP contribution in [-0.4, -0.2) is 24.2 Å². The van der Waals surface area contributed by atoms with Crippen LogP contribution >= 0.6 is 0 Å². The number of carbonyl (C=O) groups is 1. The average molecular weight is 233 g/mol. The molecule has 0 aliphatic rings. The van der Waals surface area contributed by atoms with E-state index in [1.807, 2.05) is 24.3 Å². The highest BCUT2D eigenvalue weighted by atomic mass is 16.2. The van der Waals surface area contributed by atoms with Crippen LogP contribution in [0.25, 0.3) is 6.08 Å². The number of aryl methyl sites for hydroxylation is 1. The second-order valence-corrected chi connectivity index (χ2v) is 3.91. The largest absolute Gasteiger partial charge is 0.396 e. The number of hydrogen-bond donors (Lipinski definition) is 2. The second-order valence-electron chi connectivity index (χ2n) is 3.91. The summed E-state index contributed by atoms with van der Waals surface area (Å²) >= 11 is 0. The maximum absolute atomic E-state index is 10.6. The molecule has 0 heterocycles. The summed E-state index contributed by atoms with van der Waals surface area (Å²) in [4.78, 5) is 10.6. The molecule has 3 heteroatoms. The lowest BCUT2D eigenvalue weighted by atomic mass is 10.1. The molecule has 0 saturated carbocycles. The Morgan fingerprint density at radius 2 is 2.06 bits per heavy atom. The predicted octanol–water partition coefficient (Wildman–Crippen LogP) is 1.76. The Bertz CT molecular complexity index is 368. The van der Waals surface area contributed by atoms with Crippen molar-refractivity contribution in [2.45, 2.75) is 19.8 Å². The lowest BCUT2D eigenvalue weighted by Crippen LogP contribution is -2.19. The molecule has 3 nitrogen and oxygen atoms in total. The van der Waals surface area contributed by atoms with Crippen LogP contribution < -0.4 is 5.32 Å². The van der Waals surface area contributed by atoms with E-state index in [4.69, 9.17) is 5.11 Å². The molecule has 92 valence electrons. The van der Waals surface area contributed by atoms with Crippen molar-refractivity contribution in [1.82, 2.24) is 5.32 Å². The van der Waals surface area contributed by atoms with Gasteiger partial charge in [0.15, 0.2) is 0 Å². The van der Waals surface area contributed by atoms with E-state index in [-0.39, 0.29) is 12.5 Å². The van der Waals surface area contributed by atoms with Crippen molar-refractivity contribution in [3.05, 3.63) is 41.5 Å². The van der Waals surface area contributed by atoms with E-state index >= 15 is 0 Å². The Kier molecular flexibility index (Phi) is 6.04. The number of hydrogen-bond acceptors (Lipinski definition) is 2. The highest BCUT2D eigenvalue weighted by Crippen LogP contribution is 2.07. The SMILES string of the molecule is CC(=O)NCC=Cc1ccc(CCCO)cc1. The summed E-state index contributed by atoms with van der Waals surface area (Å²) in [6.07, 6.45) is 5.61. The molecule has 1 rings (SSSR count). The summed E-state index contributed by atoms with van der Waals surface area (Å²) in [6, 6.07) is 8.20. The van der Waals surface area contributed by atoms with Crippen molar-refractivity contribution < 1.29 is 9.90 Å². The molecular formula is C14H19NO2. The number of nitrogens with one attached hydrogen (secondary N) is 1. The number of aliphatic hydroxyl groups excluding tert-OH is 1. The minimum Gasteiger partial charge on any atom is -0.396 e. The minimum absolute atomic E-state index is 0.0194. The first kappa shape index (κ1) is 13.5. The van der Waals surface area contributed by atoms with E-state index in [9.17, 15) is 4.79 Å². The summed E-state index contributed by atoms with van der Waals surface area (Å²) in [6.45, 7) is 2.30. The van der Waals surface area contributed by atoms with Gasteiger partial charge in [-0.15, -0.1) is 0 Å². The van der Waals surface area contributed by atoms with Crippen molar-refractivity contribution in [3.63, 3.8) is 0 Å². The van der Waals surface area contributed by atoms with Gasteiger partial charge >= 0.3 is 0 Å². The van der Waals surface area contributed by atoms with E-state index in [1.54, 1.807) is 0 Å². The Morgan fingerprint density at radius 1 is 1.35 bits per heavy atom. The first-order chi connectivity index (χ1) is 8.22. The van der Waals surface area contributed by atoms with E-state index in [2.05, 4.69) is 17.4 Å². The second kappa shape index (κ2) is 7.63. The van der Waals surface area contributed by atoms with Gasteiger partial charge in [-0.25, -0.2) is 0 Å². The number of aliphatic hydroxyl groups is 1. The van der Waals surface area contributed by atoms with Gasteiger partial charge in [0.2, 0.25) is 5.91 Å². The first-order valence-corrected chi connectivity index (χ1v) is 5.83. The summed E-state index contributed by atoms with van der Waals surface area (Å²) in [5.74, 6) is -0.0194. The van der Waals surface area contributed by atoms with Crippen LogP contribution in [0.3, 0.4) is 0 Å². The van der Waals surface area contributed by atoms with Crippen LogP contribution in [-0.2, 0) is 11.2 Å². The van der Waals surface area contributed by atoms with Gasteiger partial charge in [-0.3, -0.25) is 4.79 Å². The Labute approximate surface area is 102 Å². The third-order valence-electron chi connectivity index (χ3n) is 2.38. The molecule has 0 saturated heterocycles. The Hall–Kier alpha value is -1.61. The molecule has 0 radical (unpaired) electrons. The molecule has 0 spiro atoms. The summed E-state index contributed by atoms with van der Waals surface area (Å²) in [7, 11) is 0. The molecule has 1 aromatic carbocycles. The molecule has 0 atom stereocenters. The highest BCUT2D eigenvalue weighted by Gasteiger charge is 1.92. The summed E-state index contributed by atoms with van der Waals surface area (Å²) in [5, 5.41) is 11.4. The molecule has 0 aliphatic carbocycles. The lowest BCUT2D eigenvalue weighted by molar-refractivity contribution is -0.118. The Balaban J connectivity index is 2.42. The van der Waals surface area contributed by atoms with Gasteiger partial charge < -0.3 is 10.4 Å².